The van der Waals surface area contributed by atoms with Gasteiger partial charge < -0.3 is 30.5 Å². The van der Waals surface area contributed by atoms with E-state index in [1.165, 1.54) is 0 Å². The van der Waals surface area contributed by atoms with Crippen LogP contribution in [0.1, 0.15) is 68.5 Å². The van der Waals surface area contributed by atoms with Gasteiger partial charge in [0.05, 0.1) is 25.2 Å². The fourth-order valence-corrected chi connectivity index (χ4v) is 5.72. The number of fused-ring (bicyclic) bond motifs is 3. The zero-order valence-corrected chi connectivity index (χ0v) is 20.6. The van der Waals surface area contributed by atoms with Gasteiger partial charge in [-0.3, -0.25) is 4.79 Å². The van der Waals surface area contributed by atoms with Crippen LogP contribution >= 0.6 is 0 Å². The van der Waals surface area contributed by atoms with E-state index >= 15 is 0 Å². The third-order valence-electron chi connectivity index (χ3n) is 7.54. The average Bonchev–Trinajstić information content (AvgIpc) is 3.51. The summed E-state index contributed by atoms with van der Waals surface area (Å²) in [6.07, 6.45) is 3.97. The Bertz CT molecular complexity index is 1070. The molecule has 0 spiro atoms. The van der Waals surface area contributed by atoms with Crippen molar-refractivity contribution in [2.45, 2.75) is 81.8 Å². The van der Waals surface area contributed by atoms with Crippen LogP contribution in [0.25, 0.3) is 0 Å². The maximum absolute atomic E-state index is 12.8. The molecule has 4 N–H and O–H groups in total. The number of rotatable bonds is 7. The van der Waals surface area contributed by atoms with Crippen LogP contribution in [-0.4, -0.2) is 48.0 Å². The first-order chi connectivity index (χ1) is 17.5. The van der Waals surface area contributed by atoms with Crippen molar-refractivity contribution in [3.8, 4) is 5.75 Å². The zero-order valence-electron chi connectivity index (χ0n) is 20.6. The number of hydrogen-bond acceptors (Lipinski definition) is 5. The van der Waals surface area contributed by atoms with Gasteiger partial charge in [0.15, 0.2) is 0 Å². The molecule has 2 aromatic carbocycles. The topological polar surface area (TPSA) is 109 Å². The Balaban J connectivity index is 1.23. The summed E-state index contributed by atoms with van der Waals surface area (Å²) < 4.78 is 12.2. The van der Waals surface area contributed by atoms with Crippen molar-refractivity contribution < 1.29 is 24.2 Å². The number of anilines is 1. The Morgan fingerprint density at radius 2 is 1.89 bits per heavy atom. The molecule has 5 rings (SSSR count). The van der Waals surface area contributed by atoms with Gasteiger partial charge in [0.1, 0.15) is 18.0 Å². The molecule has 36 heavy (non-hydrogen) atoms. The molecular weight excluding hydrogens is 458 g/mol. The van der Waals surface area contributed by atoms with Crippen LogP contribution in [0.4, 0.5) is 10.5 Å². The molecule has 8 nitrogen and oxygen atoms in total. The van der Waals surface area contributed by atoms with Crippen molar-refractivity contribution in [1.29, 1.82) is 0 Å². The highest BCUT2D eigenvalue weighted by atomic mass is 16.6. The van der Waals surface area contributed by atoms with Crippen molar-refractivity contribution in [3.63, 3.8) is 0 Å². The standard InChI is InChI=1S/C28H35N3O5/c1-17(18-7-3-2-4-8-18)29-26(33)15-21-14-23-22-13-20(31-28(34)30-19-9-5-6-10-19)11-12-24(22)36-27(23)25(16-32)35-21/h2-4,7-8,11-13,17,19,21,23,25,27,32H,5-6,9-10,14-16H2,1H3,(H,29,33)(H2,30,31,34)/t17-,21+,23+,25-,27-/m1/s1. The summed E-state index contributed by atoms with van der Waals surface area (Å²) in [6.45, 7) is 1.77. The number of aliphatic hydroxyl groups is 1. The smallest absolute Gasteiger partial charge is 0.319 e. The van der Waals surface area contributed by atoms with Gasteiger partial charge in [0, 0.05) is 23.2 Å². The molecule has 0 unspecified atom stereocenters. The van der Waals surface area contributed by atoms with E-state index in [-0.39, 0.29) is 55.2 Å². The summed E-state index contributed by atoms with van der Waals surface area (Å²) in [6, 6.07) is 15.4. The molecule has 2 fully saturated rings. The number of urea groups is 1. The number of benzene rings is 2. The van der Waals surface area contributed by atoms with E-state index in [0.29, 0.717) is 12.1 Å². The first-order valence-electron chi connectivity index (χ1n) is 13.0. The molecule has 0 bridgehead atoms. The van der Waals surface area contributed by atoms with E-state index in [2.05, 4.69) is 16.0 Å². The van der Waals surface area contributed by atoms with Crippen LogP contribution in [0.15, 0.2) is 48.5 Å². The summed E-state index contributed by atoms with van der Waals surface area (Å²) >= 11 is 0. The predicted octanol–water partition coefficient (Wildman–Crippen LogP) is 4.01. The van der Waals surface area contributed by atoms with Crippen LogP contribution in [0.5, 0.6) is 5.75 Å². The number of nitrogens with one attached hydrogen (secondary N) is 3. The van der Waals surface area contributed by atoms with E-state index in [1.807, 2.05) is 55.5 Å². The molecule has 8 heteroatoms. The second-order valence-corrected chi connectivity index (χ2v) is 10.1. The van der Waals surface area contributed by atoms with Gasteiger partial charge in [0.25, 0.3) is 0 Å². The van der Waals surface area contributed by atoms with Gasteiger partial charge in [-0.15, -0.1) is 0 Å². The molecule has 2 aromatic rings. The fourth-order valence-electron chi connectivity index (χ4n) is 5.72. The summed E-state index contributed by atoms with van der Waals surface area (Å²) in [5.41, 5.74) is 2.72. The molecule has 1 saturated heterocycles. The second kappa shape index (κ2) is 10.9. The van der Waals surface area contributed by atoms with Gasteiger partial charge in [0.2, 0.25) is 5.91 Å². The number of ether oxygens (including phenoxy) is 2. The predicted molar refractivity (Wildman–Crippen MR) is 136 cm³/mol. The van der Waals surface area contributed by atoms with Gasteiger partial charge in [-0.25, -0.2) is 4.79 Å². The molecule has 1 saturated carbocycles. The number of aliphatic hydroxyl groups excluding tert-OH is 1. The first-order valence-corrected chi connectivity index (χ1v) is 13.0. The minimum absolute atomic E-state index is 0.0325. The fraction of sp³-hybridized carbons (Fsp3) is 0.500. The van der Waals surface area contributed by atoms with Gasteiger partial charge >= 0.3 is 6.03 Å². The van der Waals surface area contributed by atoms with Crippen molar-refractivity contribution in [3.05, 3.63) is 59.7 Å². The van der Waals surface area contributed by atoms with Crippen molar-refractivity contribution in [1.82, 2.24) is 10.6 Å². The van der Waals surface area contributed by atoms with Crippen LogP contribution in [-0.2, 0) is 9.53 Å². The van der Waals surface area contributed by atoms with Gasteiger partial charge in [-0.1, -0.05) is 43.2 Å². The zero-order chi connectivity index (χ0) is 25.1. The van der Waals surface area contributed by atoms with E-state index in [0.717, 1.165) is 42.6 Å². The van der Waals surface area contributed by atoms with Crippen molar-refractivity contribution in [2.24, 2.45) is 0 Å². The van der Waals surface area contributed by atoms with Gasteiger partial charge in [-0.2, -0.15) is 0 Å². The third-order valence-corrected chi connectivity index (χ3v) is 7.54. The minimum atomic E-state index is -0.525. The lowest BCUT2D eigenvalue weighted by molar-refractivity contribution is -0.142. The van der Waals surface area contributed by atoms with E-state index < -0.39 is 6.10 Å². The molecule has 0 aromatic heterocycles. The highest BCUT2D eigenvalue weighted by Gasteiger charge is 2.46. The number of hydrogen-bond donors (Lipinski definition) is 4. The number of carbonyl (C=O) groups excluding carboxylic acids is 2. The lowest BCUT2D eigenvalue weighted by Gasteiger charge is -2.37. The molecule has 192 valence electrons. The summed E-state index contributed by atoms with van der Waals surface area (Å²) in [5, 5.41) is 19.0. The largest absolute Gasteiger partial charge is 0.487 e. The Kier molecular flexibility index (Phi) is 7.43. The lowest BCUT2D eigenvalue weighted by atomic mass is 9.84. The second-order valence-electron chi connectivity index (χ2n) is 10.1. The Morgan fingerprint density at radius 3 is 2.64 bits per heavy atom. The molecular formula is C28H35N3O5. The normalized spacial score (nSPS) is 25.8. The Morgan fingerprint density at radius 1 is 1.11 bits per heavy atom. The maximum atomic E-state index is 12.8. The number of carbonyl (C=O) groups is 2. The molecule has 3 amide bonds. The monoisotopic (exact) mass is 493 g/mol. The van der Waals surface area contributed by atoms with Crippen LogP contribution in [0.3, 0.4) is 0 Å². The van der Waals surface area contributed by atoms with E-state index in [1.54, 1.807) is 0 Å². The highest BCUT2D eigenvalue weighted by molar-refractivity contribution is 5.89. The molecule has 3 aliphatic rings. The minimum Gasteiger partial charge on any atom is -0.487 e. The van der Waals surface area contributed by atoms with Crippen molar-refractivity contribution >= 4 is 17.6 Å². The molecule has 2 aliphatic heterocycles. The summed E-state index contributed by atoms with van der Waals surface area (Å²) in [7, 11) is 0. The Labute approximate surface area is 211 Å². The SMILES string of the molecule is C[C@@H](NC(=O)C[C@@H]1C[C@H]2c3cc(NC(=O)NC4CCCC4)ccc3O[C@H]2[C@@H](CO)O1)c1ccccc1. The van der Waals surface area contributed by atoms with Crippen LogP contribution < -0.4 is 20.7 Å². The van der Waals surface area contributed by atoms with Gasteiger partial charge in [-0.05, 0) is 49.9 Å². The van der Waals surface area contributed by atoms with Crippen LogP contribution in [0.2, 0.25) is 0 Å². The molecule has 2 heterocycles. The number of amides is 3. The lowest BCUT2D eigenvalue weighted by Crippen LogP contribution is -2.47. The molecule has 5 atom stereocenters. The quantitative estimate of drug-likeness (QED) is 0.466. The summed E-state index contributed by atoms with van der Waals surface area (Å²) in [5.74, 6) is 0.608. The first kappa shape index (κ1) is 24.6. The Hall–Kier alpha value is -3.10. The van der Waals surface area contributed by atoms with E-state index in [4.69, 9.17) is 9.47 Å². The van der Waals surface area contributed by atoms with E-state index in [9.17, 15) is 14.7 Å². The molecule has 1 aliphatic carbocycles. The van der Waals surface area contributed by atoms with Crippen molar-refractivity contribution in [2.75, 3.05) is 11.9 Å². The maximum Gasteiger partial charge on any atom is 0.319 e. The average molecular weight is 494 g/mol. The highest BCUT2D eigenvalue weighted by Crippen LogP contribution is 2.47. The summed E-state index contributed by atoms with van der Waals surface area (Å²) in [4.78, 5) is 25.3. The molecule has 0 radical (unpaired) electrons. The third kappa shape index (κ3) is 5.50. The van der Waals surface area contributed by atoms with Crippen LogP contribution in [0, 0.1) is 0 Å².